The van der Waals surface area contributed by atoms with Gasteiger partial charge in [0, 0.05) is 25.1 Å². The van der Waals surface area contributed by atoms with Gasteiger partial charge in [-0.3, -0.25) is 9.59 Å². The van der Waals surface area contributed by atoms with Crippen LogP contribution in [0.25, 0.3) is 0 Å². The molecule has 0 bridgehead atoms. The Morgan fingerprint density at radius 3 is 2.57 bits per heavy atom. The number of carbonyl (C=O) groups excluding carboxylic acids is 2. The van der Waals surface area contributed by atoms with Crippen LogP contribution >= 0.6 is 0 Å². The maximum absolute atomic E-state index is 13.2. The van der Waals surface area contributed by atoms with Gasteiger partial charge in [-0.15, -0.1) is 0 Å². The molecule has 1 aliphatic heterocycles. The molecule has 2 rings (SSSR count). The lowest BCUT2D eigenvalue weighted by Gasteiger charge is -2.37. The van der Waals surface area contributed by atoms with E-state index in [-0.39, 0.29) is 24.5 Å². The molecule has 1 aromatic rings. The zero-order chi connectivity index (χ0) is 20.6. The highest BCUT2D eigenvalue weighted by atomic mass is 16.5. The van der Waals surface area contributed by atoms with E-state index in [2.05, 4.69) is 6.92 Å². The Hall–Kier alpha value is -1.82. The van der Waals surface area contributed by atoms with Crippen LogP contribution in [-0.2, 0) is 20.9 Å². The molecule has 0 saturated carbocycles. The van der Waals surface area contributed by atoms with Gasteiger partial charge in [0.05, 0.1) is 18.9 Å². The molecule has 28 heavy (non-hydrogen) atoms. The monoisotopic (exact) mass is 392 g/mol. The zero-order valence-electron chi connectivity index (χ0n) is 17.9. The van der Waals surface area contributed by atoms with Gasteiger partial charge in [0.2, 0.25) is 11.8 Å². The molecule has 2 amide bonds. The Morgan fingerprint density at radius 2 is 2.00 bits per heavy atom. The van der Waals surface area contributed by atoms with Crippen molar-refractivity contribution in [3.8, 4) is 0 Å². The Kier molecular flexibility index (Phi) is 8.55. The Morgan fingerprint density at radius 1 is 1.21 bits per heavy atom. The first-order chi connectivity index (χ1) is 13.3. The summed E-state index contributed by atoms with van der Waals surface area (Å²) in [5.41, 5.74) is -0.404. The summed E-state index contributed by atoms with van der Waals surface area (Å²) in [5, 5.41) is 0. The molecule has 2 heterocycles. The highest BCUT2D eigenvalue weighted by molar-refractivity contribution is 5.85. The molecule has 1 fully saturated rings. The lowest BCUT2D eigenvalue weighted by Crippen LogP contribution is -2.51. The molecule has 6 heteroatoms. The van der Waals surface area contributed by atoms with Crippen LogP contribution < -0.4 is 0 Å². The topological polar surface area (TPSA) is 63.0 Å². The average Bonchev–Trinajstić information content (AvgIpc) is 3.32. The quantitative estimate of drug-likeness (QED) is 0.565. The lowest BCUT2D eigenvalue weighted by atomic mass is 10.0. The highest BCUT2D eigenvalue weighted by Gasteiger charge is 2.31. The van der Waals surface area contributed by atoms with Gasteiger partial charge in [-0.25, -0.2) is 0 Å². The summed E-state index contributed by atoms with van der Waals surface area (Å²) in [6.45, 7) is 9.82. The first-order valence-corrected chi connectivity index (χ1v) is 10.5. The fourth-order valence-corrected chi connectivity index (χ4v) is 3.48. The van der Waals surface area contributed by atoms with Crippen LogP contribution in [0, 0.1) is 0 Å². The molecule has 1 saturated heterocycles. The van der Waals surface area contributed by atoms with Gasteiger partial charge in [-0.05, 0) is 52.2 Å². The second-order valence-electron chi connectivity index (χ2n) is 8.60. The van der Waals surface area contributed by atoms with Crippen molar-refractivity contribution in [2.75, 3.05) is 19.7 Å². The summed E-state index contributed by atoms with van der Waals surface area (Å²) in [5.74, 6) is 0.720. The number of ether oxygens (including phenoxy) is 1. The molecule has 0 aromatic carbocycles. The minimum absolute atomic E-state index is 0.0457. The molecule has 0 aliphatic carbocycles. The van der Waals surface area contributed by atoms with Crippen LogP contribution in [0.1, 0.15) is 72.0 Å². The van der Waals surface area contributed by atoms with Gasteiger partial charge < -0.3 is 19.0 Å². The molecule has 0 spiro atoms. The van der Waals surface area contributed by atoms with E-state index in [0.29, 0.717) is 19.5 Å². The van der Waals surface area contributed by atoms with Crippen molar-refractivity contribution in [1.82, 2.24) is 9.80 Å². The van der Waals surface area contributed by atoms with Gasteiger partial charge in [0.1, 0.15) is 12.3 Å². The molecule has 1 aromatic heterocycles. The van der Waals surface area contributed by atoms with Crippen molar-refractivity contribution in [2.24, 2.45) is 0 Å². The third-order valence-electron chi connectivity index (χ3n) is 5.13. The summed E-state index contributed by atoms with van der Waals surface area (Å²) < 4.78 is 11.2. The predicted octanol–water partition coefficient (Wildman–Crippen LogP) is 3.99. The molecule has 0 radical (unpaired) electrons. The number of rotatable bonds is 10. The lowest BCUT2D eigenvalue weighted by molar-refractivity contribution is -0.146. The number of carbonyl (C=O) groups is 2. The van der Waals surface area contributed by atoms with Gasteiger partial charge in [-0.2, -0.15) is 0 Å². The molecular weight excluding hydrogens is 356 g/mol. The minimum atomic E-state index is -0.404. The number of hydrogen-bond donors (Lipinski definition) is 0. The van der Waals surface area contributed by atoms with E-state index in [1.54, 1.807) is 16.1 Å². The van der Waals surface area contributed by atoms with Crippen molar-refractivity contribution < 1.29 is 18.7 Å². The maximum Gasteiger partial charge on any atom is 0.242 e. The van der Waals surface area contributed by atoms with Crippen LogP contribution in [0.4, 0.5) is 0 Å². The Labute approximate surface area is 169 Å². The summed E-state index contributed by atoms with van der Waals surface area (Å²) in [7, 11) is 0. The maximum atomic E-state index is 13.2. The van der Waals surface area contributed by atoms with E-state index in [1.165, 1.54) is 0 Å². The zero-order valence-corrected chi connectivity index (χ0v) is 17.9. The van der Waals surface area contributed by atoms with Gasteiger partial charge in [0.15, 0.2) is 0 Å². The van der Waals surface area contributed by atoms with E-state index in [1.807, 2.05) is 32.9 Å². The van der Waals surface area contributed by atoms with Crippen molar-refractivity contribution in [1.29, 1.82) is 0 Å². The van der Waals surface area contributed by atoms with Crippen molar-refractivity contribution in [3.63, 3.8) is 0 Å². The Bertz CT molecular complexity index is 601. The smallest absolute Gasteiger partial charge is 0.242 e. The minimum Gasteiger partial charge on any atom is -0.467 e. The summed E-state index contributed by atoms with van der Waals surface area (Å²) in [6.07, 6.45) is 7.11. The van der Waals surface area contributed by atoms with Crippen LogP contribution in [0.2, 0.25) is 0 Å². The normalized spacial score (nSPS) is 16.9. The number of furan rings is 1. The van der Waals surface area contributed by atoms with E-state index in [9.17, 15) is 9.59 Å². The molecule has 6 nitrogen and oxygen atoms in total. The standard InChI is InChI=1S/C22H36N2O4/c1-5-6-7-12-20(25)24(22(2,3)4)17-21(26)23(15-18-10-8-13-27-18)16-19-11-9-14-28-19/h8,10,13,19H,5-7,9,11-12,14-17H2,1-4H3/t19-/m1/s1. The van der Waals surface area contributed by atoms with Crippen LogP contribution in [-0.4, -0.2) is 53.0 Å². The fraction of sp³-hybridized carbons (Fsp3) is 0.727. The Balaban J connectivity index is 2.07. The molecule has 0 unspecified atom stereocenters. The van der Waals surface area contributed by atoms with Crippen molar-refractivity contribution in [2.45, 2.75) is 84.4 Å². The number of amides is 2. The first kappa shape index (κ1) is 22.5. The highest BCUT2D eigenvalue weighted by Crippen LogP contribution is 2.19. The van der Waals surface area contributed by atoms with Gasteiger partial charge in [-0.1, -0.05) is 19.8 Å². The molecule has 158 valence electrons. The molecule has 1 atom stereocenters. The third-order valence-corrected chi connectivity index (χ3v) is 5.13. The van der Waals surface area contributed by atoms with Gasteiger partial charge >= 0.3 is 0 Å². The SMILES string of the molecule is CCCCCC(=O)N(CC(=O)N(Cc1ccco1)C[C@H]1CCCO1)C(C)(C)C. The fourth-order valence-electron chi connectivity index (χ4n) is 3.48. The van der Waals surface area contributed by atoms with E-state index < -0.39 is 5.54 Å². The number of hydrogen-bond acceptors (Lipinski definition) is 4. The van der Waals surface area contributed by atoms with Crippen molar-refractivity contribution in [3.05, 3.63) is 24.2 Å². The summed E-state index contributed by atoms with van der Waals surface area (Å²) in [6, 6.07) is 3.69. The third kappa shape index (κ3) is 6.97. The molecule has 1 aliphatic rings. The molecule has 0 N–H and O–H groups in total. The van der Waals surface area contributed by atoms with E-state index in [0.717, 1.165) is 44.5 Å². The largest absolute Gasteiger partial charge is 0.467 e. The number of unbranched alkanes of at least 4 members (excludes halogenated alkanes) is 2. The number of nitrogens with zero attached hydrogens (tertiary/aromatic N) is 2. The second-order valence-corrected chi connectivity index (χ2v) is 8.60. The van der Waals surface area contributed by atoms with Crippen LogP contribution in [0.3, 0.4) is 0 Å². The predicted molar refractivity (Wildman–Crippen MR) is 109 cm³/mol. The summed E-state index contributed by atoms with van der Waals surface area (Å²) >= 11 is 0. The van der Waals surface area contributed by atoms with Gasteiger partial charge in [0.25, 0.3) is 0 Å². The van der Waals surface area contributed by atoms with Crippen molar-refractivity contribution >= 4 is 11.8 Å². The van der Waals surface area contributed by atoms with E-state index >= 15 is 0 Å². The molecular formula is C22H36N2O4. The summed E-state index contributed by atoms with van der Waals surface area (Å²) in [4.78, 5) is 29.5. The van der Waals surface area contributed by atoms with Crippen LogP contribution in [0.5, 0.6) is 0 Å². The van der Waals surface area contributed by atoms with E-state index in [4.69, 9.17) is 9.15 Å². The van der Waals surface area contributed by atoms with Crippen LogP contribution in [0.15, 0.2) is 22.8 Å². The average molecular weight is 393 g/mol. The second kappa shape index (κ2) is 10.6. The first-order valence-electron chi connectivity index (χ1n) is 10.5.